The van der Waals surface area contributed by atoms with Crippen LogP contribution in [0.5, 0.6) is 11.5 Å². The summed E-state index contributed by atoms with van der Waals surface area (Å²) >= 11 is 0. The Bertz CT molecular complexity index is 1510. The third-order valence-corrected chi connectivity index (χ3v) is 6.45. The van der Waals surface area contributed by atoms with E-state index in [9.17, 15) is 14.9 Å². The van der Waals surface area contributed by atoms with Gasteiger partial charge < -0.3 is 26.5 Å². The van der Waals surface area contributed by atoms with Crippen molar-refractivity contribution in [3.8, 4) is 22.8 Å². The maximum atomic E-state index is 13.8. The minimum Gasteiger partial charge on any atom is -1.00 e. The number of halogens is 1. The smallest absolute Gasteiger partial charge is 0.338 e. The molecule has 0 saturated heterocycles. The fourth-order valence-electron chi connectivity index (χ4n) is 4.47. The van der Waals surface area contributed by atoms with Gasteiger partial charge in [0, 0.05) is 29.7 Å². The number of Topliss-reactive ketones (excluding diaryl/α,β-unsaturated/α-hetero) is 1. The molecule has 1 aliphatic heterocycles. The van der Waals surface area contributed by atoms with E-state index in [-0.39, 0.29) is 34.3 Å². The number of non-ortho nitro benzene ring substituents is 1. The van der Waals surface area contributed by atoms with E-state index < -0.39 is 4.92 Å². The van der Waals surface area contributed by atoms with E-state index in [2.05, 4.69) is 15.1 Å². The second kappa shape index (κ2) is 11.9. The molecule has 3 aromatic carbocycles. The number of nitrogens with zero attached hydrogens (tertiary/aromatic N) is 4. The third-order valence-electron chi connectivity index (χ3n) is 6.45. The predicted octanol–water partition coefficient (Wildman–Crippen LogP) is 1.47. The Morgan fingerprint density at radius 3 is 2.18 bits per heavy atom. The van der Waals surface area contributed by atoms with Crippen LogP contribution in [0.25, 0.3) is 11.3 Å². The molecule has 0 unspecified atom stereocenters. The van der Waals surface area contributed by atoms with Gasteiger partial charge in [-0.3, -0.25) is 19.5 Å². The molecular formula is C28H26BrN5O5. The van der Waals surface area contributed by atoms with Gasteiger partial charge in [-0.05, 0) is 72.2 Å². The van der Waals surface area contributed by atoms with Crippen LogP contribution in [0.4, 0.5) is 11.4 Å². The summed E-state index contributed by atoms with van der Waals surface area (Å²) in [7, 11) is 3.20. The number of rotatable bonds is 8. The van der Waals surface area contributed by atoms with Crippen molar-refractivity contribution in [1.82, 2.24) is 4.57 Å². The van der Waals surface area contributed by atoms with Gasteiger partial charge in [-0.15, -0.1) is 0 Å². The van der Waals surface area contributed by atoms with E-state index in [0.29, 0.717) is 17.0 Å². The lowest BCUT2D eigenvalue weighted by molar-refractivity contribution is -0.560. The van der Waals surface area contributed by atoms with Crippen molar-refractivity contribution in [2.45, 2.75) is 19.4 Å². The molecule has 0 spiro atoms. The summed E-state index contributed by atoms with van der Waals surface area (Å²) in [6, 6.07) is 20.5. The Kier molecular flexibility index (Phi) is 8.40. The van der Waals surface area contributed by atoms with Gasteiger partial charge in [0.2, 0.25) is 5.82 Å². The number of carbonyl (C=O) groups excluding carboxylic acids is 1. The fraction of sp³-hybridized carbons (Fsp3) is 0.179. The van der Waals surface area contributed by atoms with Crippen molar-refractivity contribution < 1.29 is 40.7 Å². The average Bonchev–Trinajstić information content (AvgIpc) is 3.57. The van der Waals surface area contributed by atoms with Crippen molar-refractivity contribution in [2.24, 2.45) is 5.10 Å². The number of methoxy groups -OCH3 is 2. The van der Waals surface area contributed by atoms with Crippen molar-refractivity contribution in [1.29, 1.82) is 0 Å². The number of imidazole rings is 1. The van der Waals surface area contributed by atoms with E-state index >= 15 is 0 Å². The van der Waals surface area contributed by atoms with Gasteiger partial charge in [0.05, 0.1) is 31.4 Å². The monoisotopic (exact) mass is 591 g/mol. The number of ether oxygens (including phenoxy) is 2. The van der Waals surface area contributed by atoms with E-state index in [1.807, 2.05) is 35.0 Å². The first kappa shape index (κ1) is 27.5. The maximum Gasteiger partial charge on any atom is 0.338 e. The molecule has 0 saturated carbocycles. The highest BCUT2D eigenvalue weighted by molar-refractivity contribution is 6.41. The minimum atomic E-state index is -0.466. The largest absolute Gasteiger partial charge is 1.00 e. The van der Waals surface area contributed by atoms with Gasteiger partial charge in [-0.2, -0.15) is 4.57 Å². The van der Waals surface area contributed by atoms with Gasteiger partial charge in [0.1, 0.15) is 23.4 Å². The highest BCUT2D eigenvalue weighted by Gasteiger charge is 2.33. The molecule has 1 N–H and O–H groups in total. The SMILES string of the molecule is COc1ccc(C(=O)/C(=N\Nc2ccc([N+](=O)[O-])cc2)[n+]2cc(-c3ccc(OC)cc3)n3c2CCC3)cc1.[Br-]. The molecule has 0 amide bonds. The molecule has 0 fully saturated rings. The van der Waals surface area contributed by atoms with Crippen LogP contribution in [0.3, 0.4) is 0 Å². The first-order valence-electron chi connectivity index (χ1n) is 12.0. The first-order valence-corrected chi connectivity index (χ1v) is 12.0. The van der Waals surface area contributed by atoms with E-state index in [0.717, 1.165) is 42.2 Å². The van der Waals surface area contributed by atoms with E-state index in [4.69, 9.17) is 9.47 Å². The molecule has 2 heterocycles. The van der Waals surface area contributed by atoms with Crippen LogP contribution < -0.4 is 36.4 Å². The molecule has 0 radical (unpaired) electrons. The lowest BCUT2D eigenvalue weighted by Gasteiger charge is -2.05. The quantitative estimate of drug-likeness (QED) is 0.0829. The topological polar surface area (TPSA) is 112 Å². The van der Waals surface area contributed by atoms with Gasteiger partial charge >= 0.3 is 5.84 Å². The predicted molar refractivity (Wildman–Crippen MR) is 142 cm³/mol. The molecule has 0 aliphatic carbocycles. The average molecular weight is 592 g/mol. The summed E-state index contributed by atoms with van der Waals surface area (Å²) in [4.78, 5) is 24.3. The highest BCUT2D eigenvalue weighted by atomic mass is 79.9. The van der Waals surface area contributed by atoms with Crippen molar-refractivity contribution >= 4 is 23.0 Å². The molecule has 1 aliphatic rings. The number of hydrogen-bond acceptors (Lipinski definition) is 7. The minimum absolute atomic E-state index is 0. The van der Waals surface area contributed by atoms with Crippen LogP contribution >= 0.6 is 0 Å². The molecule has 39 heavy (non-hydrogen) atoms. The lowest BCUT2D eigenvalue weighted by Crippen LogP contribution is -3.00. The normalized spacial score (nSPS) is 12.3. The van der Waals surface area contributed by atoms with Crippen LogP contribution in [0.1, 0.15) is 22.6 Å². The van der Waals surface area contributed by atoms with Crippen molar-refractivity contribution in [3.05, 3.63) is 100 Å². The van der Waals surface area contributed by atoms with Gasteiger partial charge in [-0.25, -0.2) is 5.43 Å². The number of ketones is 1. The molecule has 4 aromatic rings. The number of hydrogen-bond donors (Lipinski definition) is 1. The lowest BCUT2D eigenvalue weighted by atomic mass is 10.1. The van der Waals surface area contributed by atoms with Gasteiger partial charge in [0.15, 0.2) is 0 Å². The number of anilines is 1. The summed E-state index contributed by atoms with van der Waals surface area (Å²) < 4.78 is 14.6. The number of aromatic nitrogens is 2. The summed E-state index contributed by atoms with van der Waals surface area (Å²) in [6.45, 7) is 0.823. The third kappa shape index (κ3) is 5.68. The van der Waals surface area contributed by atoms with Gasteiger partial charge in [-0.1, -0.05) is 0 Å². The Morgan fingerprint density at radius 1 is 0.974 bits per heavy atom. The Morgan fingerprint density at radius 2 is 1.59 bits per heavy atom. The van der Waals surface area contributed by atoms with Gasteiger partial charge in [0.25, 0.3) is 11.5 Å². The number of nitrogens with one attached hydrogen (secondary N) is 1. The molecule has 1 aromatic heterocycles. The summed E-state index contributed by atoms with van der Waals surface area (Å²) in [5.41, 5.74) is 5.80. The Hall–Kier alpha value is -4.51. The Balaban J connectivity index is 0.00000353. The number of nitro groups is 1. The van der Waals surface area contributed by atoms with Crippen LogP contribution in [0.15, 0.2) is 84.1 Å². The summed E-state index contributed by atoms with van der Waals surface area (Å²) in [5, 5.41) is 15.5. The van der Waals surface area contributed by atoms with Crippen LogP contribution in [0.2, 0.25) is 0 Å². The van der Waals surface area contributed by atoms with Crippen LogP contribution in [-0.2, 0) is 13.0 Å². The maximum absolute atomic E-state index is 13.8. The molecule has 10 nitrogen and oxygen atoms in total. The second-order valence-electron chi connectivity index (χ2n) is 8.69. The molecule has 0 bridgehead atoms. The van der Waals surface area contributed by atoms with Crippen molar-refractivity contribution in [3.63, 3.8) is 0 Å². The van der Waals surface area contributed by atoms with Crippen LogP contribution in [0, 0.1) is 10.1 Å². The van der Waals surface area contributed by atoms with Crippen molar-refractivity contribution in [2.75, 3.05) is 19.6 Å². The molecule has 5 rings (SSSR count). The summed E-state index contributed by atoms with van der Waals surface area (Å²) in [5.74, 6) is 2.26. The zero-order valence-corrected chi connectivity index (χ0v) is 22.9. The standard InChI is InChI=1S/C28H25N5O5.BrH/c1-37-23-13-5-19(6-14-23)25-18-32(26-4-3-17-31(25)26)28(27(34)20-7-15-24(38-2)16-8-20)30-29-21-9-11-22(12-10-21)33(35)36;/h5-16,18H,3-4,17H2,1-2H3;1H. The van der Waals surface area contributed by atoms with Crippen LogP contribution in [-0.4, -0.2) is 35.3 Å². The Labute approximate surface area is 235 Å². The number of nitro benzene ring substituents is 1. The molecule has 0 atom stereocenters. The zero-order valence-electron chi connectivity index (χ0n) is 21.3. The zero-order chi connectivity index (χ0) is 26.6. The highest BCUT2D eigenvalue weighted by Crippen LogP contribution is 2.27. The fourth-order valence-corrected chi connectivity index (χ4v) is 4.47. The molecule has 200 valence electrons. The second-order valence-corrected chi connectivity index (χ2v) is 8.69. The number of benzene rings is 3. The number of fused-ring (bicyclic) bond motifs is 1. The summed E-state index contributed by atoms with van der Waals surface area (Å²) in [6.07, 6.45) is 3.65. The molecular weight excluding hydrogens is 566 g/mol. The molecule has 11 heteroatoms. The van der Waals surface area contributed by atoms with E-state index in [1.165, 1.54) is 12.1 Å². The first-order chi connectivity index (χ1) is 18.5. The van der Waals surface area contributed by atoms with E-state index in [1.54, 1.807) is 50.6 Å². The number of carbonyl (C=O) groups is 1. The number of hydrazone groups is 1.